The van der Waals surface area contributed by atoms with E-state index in [1.54, 1.807) is 23.1 Å². The fourth-order valence-corrected chi connectivity index (χ4v) is 3.04. The molecule has 1 fully saturated rings. The van der Waals surface area contributed by atoms with Crippen molar-refractivity contribution in [1.29, 1.82) is 0 Å². The van der Waals surface area contributed by atoms with Crippen LogP contribution in [0.1, 0.15) is 32.1 Å². The molecule has 1 aromatic carbocycles. The van der Waals surface area contributed by atoms with Gasteiger partial charge in [0.1, 0.15) is 0 Å². The number of halogens is 3. The topological polar surface area (TPSA) is 87.2 Å². The van der Waals surface area contributed by atoms with Gasteiger partial charge in [0, 0.05) is 38.8 Å². The van der Waals surface area contributed by atoms with E-state index in [2.05, 4.69) is 20.8 Å². The second-order valence-electron chi connectivity index (χ2n) is 6.13. The number of hydrogen-bond acceptors (Lipinski definition) is 6. The fourth-order valence-electron chi connectivity index (χ4n) is 3.04. The molecule has 0 unspecified atom stereocenters. The number of nitrogens with one attached hydrogen (secondary N) is 2. The van der Waals surface area contributed by atoms with Gasteiger partial charge in [-0.05, 0) is 0 Å². The Kier molecular flexibility index (Phi) is 5.59. The fraction of sp³-hybridized carbons (Fsp3) is 0.333. The number of carbonyl (C=O) groups excluding carboxylic acids is 2. The maximum atomic E-state index is 13.7. The Morgan fingerprint density at radius 1 is 1.11 bits per heavy atom. The highest BCUT2D eigenvalue weighted by Crippen LogP contribution is 2.37. The molecule has 2 heterocycles. The van der Waals surface area contributed by atoms with Crippen molar-refractivity contribution in [3.63, 3.8) is 0 Å². The third-order valence-electron chi connectivity index (χ3n) is 4.35. The number of ketones is 1. The molecule has 7 nitrogen and oxygen atoms in total. The summed E-state index contributed by atoms with van der Waals surface area (Å²) in [5, 5.41) is 12.2. The minimum atomic E-state index is -4.91. The Labute approximate surface area is 158 Å². The zero-order chi connectivity index (χ0) is 20.3. The lowest BCUT2D eigenvalue weighted by Crippen LogP contribution is -2.45. The van der Waals surface area contributed by atoms with Crippen LogP contribution in [0.2, 0.25) is 0 Å². The Morgan fingerprint density at radius 2 is 1.75 bits per heavy atom. The first-order valence-corrected chi connectivity index (χ1v) is 8.60. The van der Waals surface area contributed by atoms with Crippen molar-refractivity contribution < 1.29 is 22.8 Å². The molecule has 1 saturated heterocycles. The third kappa shape index (κ3) is 3.81. The normalized spacial score (nSPS) is 14.6. The number of benzene rings is 1. The molecule has 0 saturated carbocycles. The van der Waals surface area contributed by atoms with E-state index in [0.29, 0.717) is 26.2 Å². The van der Waals surface area contributed by atoms with Crippen LogP contribution in [0.5, 0.6) is 0 Å². The second kappa shape index (κ2) is 7.93. The van der Waals surface area contributed by atoms with Gasteiger partial charge in [-0.2, -0.15) is 13.2 Å². The minimum Gasteiger partial charge on any atom is -0.366 e. The average molecular weight is 393 g/mol. The van der Waals surface area contributed by atoms with Crippen molar-refractivity contribution in [2.24, 2.45) is 0 Å². The van der Waals surface area contributed by atoms with Crippen LogP contribution in [0.3, 0.4) is 0 Å². The number of alkyl halides is 3. The van der Waals surface area contributed by atoms with Gasteiger partial charge in [0.25, 0.3) is 5.91 Å². The van der Waals surface area contributed by atoms with E-state index in [0.717, 1.165) is 0 Å². The summed E-state index contributed by atoms with van der Waals surface area (Å²) in [6.45, 7) is 1.63. The van der Waals surface area contributed by atoms with Gasteiger partial charge in [0.2, 0.25) is 0 Å². The lowest BCUT2D eigenvalue weighted by Gasteiger charge is -2.32. The number of rotatable bonds is 4. The number of carbonyl (C=O) groups is 2. The van der Waals surface area contributed by atoms with Crippen LogP contribution in [-0.2, 0) is 6.18 Å². The maximum Gasteiger partial charge on any atom is 0.436 e. The summed E-state index contributed by atoms with van der Waals surface area (Å²) >= 11 is 0. The van der Waals surface area contributed by atoms with Crippen molar-refractivity contribution in [3.8, 4) is 0 Å². The van der Waals surface area contributed by atoms with Gasteiger partial charge >= 0.3 is 6.18 Å². The molecule has 2 N–H and O–H groups in total. The molecule has 0 radical (unpaired) electrons. The molecular weight excluding hydrogens is 375 g/mol. The highest BCUT2D eigenvalue weighted by Gasteiger charge is 2.42. The molecule has 28 heavy (non-hydrogen) atoms. The van der Waals surface area contributed by atoms with Crippen LogP contribution in [0.15, 0.2) is 30.3 Å². The predicted molar refractivity (Wildman–Crippen MR) is 95.4 cm³/mol. The molecule has 1 aliphatic heterocycles. The number of piperazine rings is 1. The number of amides is 1. The van der Waals surface area contributed by atoms with Gasteiger partial charge in [0.15, 0.2) is 17.2 Å². The molecule has 1 amide bonds. The number of hydrogen-bond donors (Lipinski definition) is 2. The number of anilines is 1. The Balaban J connectivity index is 2.30. The quantitative estimate of drug-likeness (QED) is 0.766. The summed E-state index contributed by atoms with van der Waals surface area (Å²) in [4.78, 5) is 27.0. The molecule has 1 aliphatic rings. The van der Waals surface area contributed by atoms with Gasteiger partial charge in [-0.1, -0.05) is 30.3 Å². The highest BCUT2D eigenvalue weighted by atomic mass is 19.4. The van der Waals surface area contributed by atoms with Gasteiger partial charge in [0.05, 0.1) is 11.3 Å². The molecule has 1 aromatic heterocycles. The summed E-state index contributed by atoms with van der Waals surface area (Å²) in [6, 6.07) is 7.60. The Morgan fingerprint density at radius 3 is 2.32 bits per heavy atom. The molecule has 2 aromatic rings. The first-order valence-electron chi connectivity index (χ1n) is 8.60. The van der Waals surface area contributed by atoms with Gasteiger partial charge in [-0.15, -0.1) is 10.2 Å². The van der Waals surface area contributed by atoms with Gasteiger partial charge in [-0.3, -0.25) is 9.59 Å². The highest BCUT2D eigenvalue weighted by molar-refractivity contribution is 6.15. The molecule has 3 rings (SSSR count). The first kappa shape index (κ1) is 19.7. The molecule has 10 heteroatoms. The van der Waals surface area contributed by atoms with E-state index >= 15 is 0 Å². The Hall–Kier alpha value is -3.01. The molecular formula is C18H18F3N5O2. The van der Waals surface area contributed by atoms with E-state index < -0.39 is 29.1 Å². The van der Waals surface area contributed by atoms with E-state index in [9.17, 15) is 22.8 Å². The molecule has 0 aliphatic carbocycles. The summed E-state index contributed by atoms with van der Waals surface area (Å²) in [7, 11) is 1.34. The number of aromatic nitrogens is 2. The maximum absolute atomic E-state index is 13.7. The largest absolute Gasteiger partial charge is 0.436 e. The third-order valence-corrected chi connectivity index (χ3v) is 4.35. The number of nitrogens with zero attached hydrogens (tertiary/aromatic N) is 3. The van der Waals surface area contributed by atoms with E-state index in [1.165, 1.54) is 19.2 Å². The van der Waals surface area contributed by atoms with Gasteiger partial charge < -0.3 is 15.5 Å². The van der Waals surface area contributed by atoms with Crippen LogP contribution >= 0.6 is 0 Å². The van der Waals surface area contributed by atoms with Gasteiger partial charge in [-0.25, -0.2) is 0 Å². The lowest BCUT2D eigenvalue weighted by molar-refractivity contribution is -0.142. The molecule has 0 bridgehead atoms. The van der Waals surface area contributed by atoms with E-state index in [4.69, 9.17) is 0 Å². The van der Waals surface area contributed by atoms with Crippen LogP contribution in [0.4, 0.5) is 18.9 Å². The van der Waals surface area contributed by atoms with Crippen molar-refractivity contribution in [3.05, 3.63) is 52.8 Å². The second-order valence-corrected chi connectivity index (χ2v) is 6.13. The van der Waals surface area contributed by atoms with Crippen LogP contribution < -0.4 is 15.5 Å². The molecule has 0 spiro atoms. The summed E-state index contributed by atoms with van der Waals surface area (Å²) < 4.78 is 41.1. The van der Waals surface area contributed by atoms with E-state index in [1.807, 2.05) is 0 Å². The molecule has 0 atom stereocenters. The zero-order valence-corrected chi connectivity index (χ0v) is 15.0. The van der Waals surface area contributed by atoms with Crippen LogP contribution in [0.25, 0.3) is 0 Å². The zero-order valence-electron chi connectivity index (χ0n) is 15.0. The average Bonchev–Trinajstić information content (AvgIpc) is 2.72. The monoisotopic (exact) mass is 393 g/mol. The van der Waals surface area contributed by atoms with E-state index in [-0.39, 0.29) is 16.9 Å². The minimum absolute atomic E-state index is 0.0697. The Bertz CT molecular complexity index is 881. The summed E-state index contributed by atoms with van der Waals surface area (Å²) in [5.41, 5.74) is -2.44. The van der Waals surface area contributed by atoms with Crippen molar-refractivity contribution in [1.82, 2.24) is 20.8 Å². The lowest BCUT2D eigenvalue weighted by atomic mass is 9.97. The summed E-state index contributed by atoms with van der Waals surface area (Å²) in [6.07, 6.45) is -4.91. The summed E-state index contributed by atoms with van der Waals surface area (Å²) in [5.74, 6) is -1.57. The molecule has 148 valence electrons. The SMILES string of the molecule is CNC(=O)c1nnc(C(F)(F)F)c(C(=O)c2ccccc2)c1N1CCNCC1. The standard InChI is InChI=1S/C18H18F3N5O2/c1-22-17(28)13-14(26-9-7-23-8-10-26)12(16(25-24-13)18(19,20)21)15(27)11-5-3-2-4-6-11/h2-6,23H,7-10H2,1H3,(H,22,28). The smallest absolute Gasteiger partial charge is 0.366 e. The van der Waals surface area contributed by atoms with Crippen LogP contribution in [-0.4, -0.2) is 55.1 Å². The van der Waals surface area contributed by atoms with Crippen molar-refractivity contribution in [2.75, 3.05) is 38.1 Å². The first-order chi connectivity index (χ1) is 13.3. The van der Waals surface area contributed by atoms with Crippen molar-refractivity contribution in [2.45, 2.75) is 6.18 Å². The van der Waals surface area contributed by atoms with Crippen molar-refractivity contribution >= 4 is 17.4 Å². The predicted octanol–water partition coefficient (Wildman–Crippen LogP) is 1.50. The van der Waals surface area contributed by atoms with Crippen LogP contribution in [0, 0.1) is 0 Å².